The number of hydrogen-bond donors (Lipinski definition) is 2. The molecular formula is C9H9BrN2O2S. The first-order chi connectivity index (χ1) is 7.11. The van der Waals surface area contributed by atoms with E-state index in [9.17, 15) is 4.79 Å². The van der Waals surface area contributed by atoms with Crippen LogP contribution in [0.2, 0.25) is 0 Å². The highest BCUT2D eigenvalue weighted by atomic mass is 79.9. The fraction of sp³-hybridized carbons (Fsp3) is 0.111. The van der Waals surface area contributed by atoms with E-state index in [1.165, 1.54) is 7.11 Å². The average molecular weight is 289 g/mol. The molecule has 1 aromatic rings. The summed E-state index contributed by atoms with van der Waals surface area (Å²) in [5.74, 6) is 0. The molecule has 80 valence electrons. The SMILES string of the molecule is COC(=O)NC(=S)Nc1cccc(Br)c1. The van der Waals surface area contributed by atoms with Crippen LogP contribution in [0, 0.1) is 0 Å². The molecule has 1 amide bonds. The van der Waals surface area contributed by atoms with E-state index in [1.807, 2.05) is 24.3 Å². The predicted molar refractivity (Wildman–Crippen MR) is 65.9 cm³/mol. The maximum atomic E-state index is 10.8. The number of rotatable bonds is 1. The number of methoxy groups -OCH3 is 1. The number of carbonyl (C=O) groups excluding carboxylic acids is 1. The lowest BCUT2D eigenvalue weighted by Crippen LogP contribution is -2.33. The number of carbonyl (C=O) groups is 1. The van der Waals surface area contributed by atoms with Gasteiger partial charge in [0.2, 0.25) is 0 Å². The average Bonchev–Trinajstić information content (AvgIpc) is 2.17. The van der Waals surface area contributed by atoms with Crippen molar-refractivity contribution in [3.8, 4) is 0 Å². The molecule has 6 heteroatoms. The smallest absolute Gasteiger partial charge is 0.413 e. The molecule has 4 nitrogen and oxygen atoms in total. The van der Waals surface area contributed by atoms with Crippen LogP contribution >= 0.6 is 28.1 Å². The highest BCUT2D eigenvalue weighted by molar-refractivity contribution is 9.10. The van der Waals surface area contributed by atoms with E-state index in [-0.39, 0.29) is 5.11 Å². The molecule has 1 rings (SSSR count). The topological polar surface area (TPSA) is 50.4 Å². The van der Waals surface area contributed by atoms with E-state index in [2.05, 4.69) is 31.3 Å². The van der Waals surface area contributed by atoms with Gasteiger partial charge in [0.25, 0.3) is 0 Å². The summed E-state index contributed by atoms with van der Waals surface area (Å²) in [6.45, 7) is 0. The first-order valence-electron chi connectivity index (χ1n) is 4.03. The summed E-state index contributed by atoms with van der Waals surface area (Å²) in [6, 6.07) is 7.41. The van der Waals surface area contributed by atoms with Crippen molar-refractivity contribution in [2.24, 2.45) is 0 Å². The number of amides is 1. The highest BCUT2D eigenvalue weighted by Crippen LogP contribution is 2.15. The summed E-state index contributed by atoms with van der Waals surface area (Å²) >= 11 is 8.20. The lowest BCUT2D eigenvalue weighted by atomic mass is 10.3. The van der Waals surface area contributed by atoms with Gasteiger partial charge in [0, 0.05) is 10.2 Å². The number of benzene rings is 1. The molecule has 0 heterocycles. The zero-order valence-electron chi connectivity index (χ0n) is 7.91. The Labute approximate surface area is 101 Å². The third kappa shape index (κ3) is 4.26. The molecule has 0 aromatic heterocycles. The third-order valence-electron chi connectivity index (χ3n) is 1.48. The van der Waals surface area contributed by atoms with Crippen molar-refractivity contribution in [3.05, 3.63) is 28.7 Å². The fourth-order valence-electron chi connectivity index (χ4n) is 0.872. The van der Waals surface area contributed by atoms with Gasteiger partial charge in [-0.3, -0.25) is 5.32 Å². The van der Waals surface area contributed by atoms with Crippen LogP contribution in [0.4, 0.5) is 10.5 Å². The van der Waals surface area contributed by atoms with Gasteiger partial charge in [-0.25, -0.2) is 4.79 Å². The molecule has 0 aliphatic heterocycles. The lowest BCUT2D eigenvalue weighted by molar-refractivity contribution is 0.177. The van der Waals surface area contributed by atoms with Crippen LogP contribution in [0.1, 0.15) is 0 Å². The molecule has 0 atom stereocenters. The van der Waals surface area contributed by atoms with Crippen LogP contribution in [0.15, 0.2) is 28.7 Å². The van der Waals surface area contributed by atoms with Crippen molar-refractivity contribution in [3.63, 3.8) is 0 Å². The molecule has 0 bridgehead atoms. The van der Waals surface area contributed by atoms with Crippen LogP contribution < -0.4 is 10.6 Å². The molecule has 2 N–H and O–H groups in total. The molecule has 1 aromatic carbocycles. The summed E-state index contributed by atoms with van der Waals surface area (Å²) in [6.07, 6.45) is -0.595. The maximum Gasteiger partial charge on any atom is 0.413 e. The molecule has 0 saturated carbocycles. The monoisotopic (exact) mass is 288 g/mol. The minimum absolute atomic E-state index is 0.194. The summed E-state index contributed by atoms with van der Waals surface area (Å²) in [4.78, 5) is 10.8. The lowest BCUT2D eigenvalue weighted by Gasteiger charge is -2.08. The Morgan fingerprint density at radius 2 is 2.27 bits per heavy atom. The molecule has 0 saturated heterocycles. The van der Waals surface area contributed by atoms with Gasteiger partial charge in [-0.1, -0.05) is 22.0 Å². The van der Waals surface area contributed by atoms with Crippen LogP contribution in [0.25, 0.3) is 0 Å². The van der Waals surface area contributed by atoms with Gasteiger partial charge in [0.15, 0.2) is 5.11 Å². The predicted octanol–water partition coefficient (Wildman–Crippen LogP) is 2.50. The van der Waals surface area contributed by atoms with Crippen LogP contribution in [0.3, 0.4) is 0 Å². The molecule has 0 spiro atoms. The Bertz CT molecular complexity index is 384. The van der Waals surface area contributed by atoms with Gasteiger partial charge < -0.3 is 10.1 Å². The first-order valence-corrected chi connectivity index (χ1v) is 5.23. The summed E-state index contributed by atoms with van der Waals surface area (Å²) < 4.78 is 5.32. The number of ether oxygens (including phenoxy) is 1. The summed E-state index contributed by atoms with van der Waals surface area (Å²) in [5, 5.41) is 5.37. The van der Waals surface area contributed by atoms with Crippen molar-refractivity contribution in [1.29, 1.82) is 0 Å². The van der Waals surface area contributed by atoms with Crippen molar-refractivity contribution in [2.75, 3.05) is 12.4 Å². The minimum Gasteiger partial charge on any atom is -0.453 e. The Hall–Kier alpha value is -1.14. The van der Waals surface area contributed by atoms with Crippen molar-refractivity contribution >= 4 is 45.0 Å². The molecule has 0 aliphatic carbocycles. The third-order valence-corrected chi connectivity index (χ3v) is 2.18. The highest BCUT2D eigenvalue weighted by Gasteiger charge is 2.03. The van der Waals surface area contributed by atoms with E-state index in [4.69, 9.17) is 12.2 Å². The van der Waals surface area contributed by atoms with Crippen molar-refractivity contribution < 1.29 is 9.53 Å². The van der Waals surface area contributed by atoms with Gasteiger partial charge in [-0.15, -0.1) is 0 Å². The molecule has 0 unspecified atom stereocenters. The molecule has 0 radical (unpaired) electrons. The van der Waals surface area contributed by atoms with E-state index >= 15 is 0 Å². The van der Waals surface area contributed by atoms with Gasteiger partial charge in [0.05, 0.1) is 7.11 Å². The van der Waals surface area contributed by atoms with Gasteiger partial charge in [-0.2, -0.15) is 0 Å². The number of anilines is 1. The fourth-order valence-corrected chi connectivity index (χ4v) is 1.47. The molecular weight excluding hydrogens is 280 g/mol. The van der Waals surface area contributed by atoms with Crippen molar-refractivity contribution in [2.45, 2.75) is 0 Å². The second kappa shape index (κ2) is 5.67. The largest absolute Gasteiger partial charge is 0.453 e. The number of alkyl carbamates (subject to hydrolysis) is 1. The van der Waals surface area contributed by atoms with Gasteiger partial charge in [-0.05, 0) is 30.4 Å². The minimum atomic E-state index is -0.595. The van der Waals surface area contributed by atoms with E-state index in [0.717, 1.165) is 10.2 Å². The number of halogens is 1. The molecule has 15 heavy (non-hydrogen) atoms. The Kier molecular flexibility index (Phi) is 4.51. The quantitative estimate of drug-likeness (QED) is 0.780. The first kappa shape index (κ1) is 11.9. The summed E-state index contributed by atoms with van der Waals surface area (Å²) in [7, 11) is 1.27. The zero-order valence-corrected chi connectivity index (χ0v) is 10.3. The Morgan fingerprint density at radius 1 is 1.53 bits per heavy atom. The Morgan fingerprint density at radius 3 is 2.87 bits per heavy atom. The second-order valence-electron chi connectivity index (χ2n) is 2.58. The normalized spacial score (nSPS) is 9.20. The van der Waals surface area contributed by atoms with Crippen molar-refractivity contribution in [1.82, 2.24) is 5.32 Å². The Balaban J connectivity index is 2.55. The van der Waals surface area contributed by atoms with Crippen LogP contribution in [-0.2, 0) is 4.74 Å². The van der Waals surface area contributed by atoms with Gasteiger partial charge in [0.1, 0.15) is 0 Å². The van der Waals surface area contributed by atoms with E-state index < -0.39 is 6.09 Å². The molecule has 0 aliphatic rings. The van der Waals surface area contributed by atoms with E-state index in [0.29, 0.717) is 0 Å². The van der Waals surface area contributed by atoms with Gasteiger partial charge >= 0.3 is 6.09 Å². The summed E-state index contributed by atoms with van der Waals surface area (Å²) in [5.41, 5.74) is 0.783. The molecule has 0 fully saturated rings. The number of thiocarbonyl (C=S) groups is 1. The standard InChI is InChI=1S/C9H9BrN2O2S/c1-14-9(13)12-8(15)11-7-4-2-3-6(10)5-7/h2-5H,1H3,(H2,11,12,13,15). The zero-order chi connectivity index (χ0) is 11.3. The maximum absolute atomic E-state index is 10.8. The van der Waals surface area contributed by atoms with Crippen LogP contribution in [0.5, 0.6) is 0 Å². The number of nitrogens with one attached hydrogen (secondary N) is 2. The van der Waals surface area contributed by atoms with E-state index in [1.54, 1.807) is 0 Å². The number of hydrogen-bond acceptors (Lipinski definition) is 3. The second-order valence-corrected chi connectivity index (χ2v) is 3.90. The van der Waals surface area contributed by atoms with Crippen LogP contribution in [-0.4, -0.2) is 18.3 Å².